The van der Waals surface area contributed by atoms with Crippen LogP contribution in [-0.2, 0) is 0 Å². The van der Waals surface area contributed by atoms with Crippen LogP contribution in [0, 0.1) is 13.8 Å². The molecule has 0 saturated carbocycles. The summed E-state index contributed by atoms with van der Waals surface area (Å²) in [5.41, 5.74) is 8.86. The Bertz CT molecular complexity index is 546. The van der Waals surface area contributed by atoms with E-state index < -0.39 is 0 Å². The van der Waals surface area contributed by atoms with Gasteiger partial charge in [-0.3, -0.25) is 9.89 Å². The number of aromatic amines is 1. The quantitative estimate of drug-likeness (QED) is 0.688. The number of aryl methyl sites for hydroxylation is 2. The summed E-state index contributed by atoms with van der Waals surface area (Å²) >= 11 is 0. The molecular formula is C12H14N4O. The summed E-state index contributed by atoms with van der Waals surface area (Å²) in [7, 11) is 0. The summed E-state index contributed by atoms with van der Waals surface area (Å²) in [6.07, 6.45) is 1.58. The number of hydrogen-bond acceptors (Lipinski definition) is 3. The lowest BCUT2D eigenvalue weighted by Gasteiger charge is -2.09. The van der Waals surface area contributed by atoms with Gasteiger partial charge in [-0.25, -0.2) is 0 Å². The van der Waals surface area contributed by atoms with Gasteiger partial charge in [0.15, 0.2) is 0 Å². The van der Waals surface area contributed by atoms with Crippen LogP contribution in [0.15, 0.2) is 24.4 Å². The fourth-order valence-electron chi connectivity index (χ4n) is 1.63. The maximum Gasteiger partial charge on any atom is 0.257 e. The minimum absolute atomic E-state index is 0.196. The number of hydrogen-bond donors (Lipinski definition) is 3. The van der Waals surface area contributed by atoms with Gasteiger partial charge in [-0.2, -0.15) is 5.10 Å². The van der Waals surface area contributed by atoms with Crippen LogP contribution < -0.4 is 11.1 Å². The molecule has 1 amide bonds. The highest BCUT2D eigenvalue weighted by Gasteiger charge is 2.11. The van der Waals surface area contributed by atoms with E-state index in [0.29, 0.717) is 17.1 Å². The number of amides is 1. The molecule has 0 unspecified atom stereocenters. The van der Waals surface area contributed by atoms with Crippen molar-refractivity contribution < 1.29 is 4.79 Å². The maximum absolute atomic E-state index is 12.0. The minimum Gasteiger partial charge on any atom is -0.398 e. The number of nitrogens with two attached hydrogens (primary N) is 1. The molecule has 4 N–H and O–H groups in total. The molecule has 0 radical (unpaired) electrons. The van der Waals surface area contributed by atoms with Gasteiger partial charge in [0.25, 0.3) is 5.91 Å². The van der Waals surface area contributed by atoms with E-state index in [2.05, 4.69) is 15.5 Å². The summed E-state index contributed by atoms with van der Waals surface area (Å²) in [6.45, 7) is 3.80. The van der Waals surface area contributed by atoms with Gasteiger partial charge in [0.05, 0.1) is 6.20 Å². The van der Waals surface area contributed by atoms with Gasteiger partial charge in [-0.05, 0) is 31.0 Å². The molecular weight excluding hydrogens is 216 g/mol. The predicted molar refractivity (Wildman–Crippen MR) is 66.9 cm³/mol. The summed E-state index contributed by atoms with van der Waals surface area (Å²) < 4.78 is 0. The predicted octanol–water partition coefficient (Wildman–Crippen LogP) is 1.86. The van der Waals surface area contributed by atoms with E-state index in [0.717, 1.165) is 11.1 Å². The summed E-state index contributed by atoms with van der Waals surface area (Å²) in [4.78, 5) is 12.0. The standard InChI is InChI=1S/C12H14N4O/c1-7-5-8(2)10(13)6-9(7)12(17)15-11-3-4-14-16-11/h3-6H,13H2,1-2H3,(H2,14,15,16,17). The zero-order valence-electron chi connectivity index (χ0n) is 9.74. The molecule has 88 valence electrons. The number of carbonyl (C=O) groups is 1. The molecule has 1 heterocycles. The first-order valence-electron chi connectivity index (χ1n) is 5.25. The van der Waals surface area contributed by atoms with E-state index in [-0.39, 0.29) is 5.91 Å². The lowest BCUT2D eigenvalue weighted by atomic mass is 10.0. The largest absolute Gasteiger partial charge is 0.398 e. The normalized spacial score (nSPS) is 10.2. The number of rotatable bonds is 2. The molecule has 2 aromatic rings. The number of carbonyl (C=O) groups excluding carboxylic acids is 1. The molecule has 0 fully saturated rings. The van der Waals surface area contributed by atoms with Crippen LogP contribution >= 0.6 is 0 Å². The Morgan fingerprint density at radius 2 is 2.12 bits per heavy atom. The fraction of sp³-hybridized carbons (Fsp3) is 0.167. The fourth-order valence-corrected chi connectivity index (χ4v) is 1.63. The Hall–Kier alpha value is -2.30. The molecule has 0 bridgehead atoms. The van der Waals surface area contributed by atoms with Crippen LogP contribution in [0.5, 0.6) is 0 Å². The molecule has 2 rings (SSSR count). The third-order valence-corrected chi connectivity index (χ3v) is 2.61. The molecule has 0 aliphatic carbocycles. The smallest absolute Gasteiger partial charge is 0.257 e. The molecule has 0 aliphatic heterocycles. The second-order valence-electron chi connectivity index (χ2n) is 3.95. The molecule has 0 saturated heterocycles. The van der Waals surface area contributed by atoms with Crippen LogP contribution in [0.25, 0.3) is 0 Å². The zero-order chi connectivity index (χ0) is 12.4. The van der Waals surface area contributed by atoms with Crippen molar-refractivity contribution in [2.24, 2.45) is 0 Å². The van der Waals surface area contributed by atoms with Crippen LogP contribution in [0.1, 0.15) is 21.5 Å². The summed E-state index contributed by atoms with van der Waals surface area (Å²) in [5.74, 6) is 0.368. The Morgan fingerprint density at radius 3 is 2.76 bits per heavy atom. The van der Waals surface area contributed by atoms with Gasteiger partial charge in [0, 0.05) is 17.3 Å². The third kappa shape index (κ3) is 2.28. The minimum atomic E-state index is -0.196. The van der Waals surface area contributed by atoms with Gasteiger partial charge in [-0.1, -0.05) is 6.07 Å². The highest BCUT2D eigenvalue weighted by atomic mass is 16.1. The third-order valence-electron chi connectivity index (χ3n) is 2.61. The highest BCUT2D eigenvalue weighted by molar-refractivity contribution is 6.05. The number of nitrogen functional groups attached to an aromatic ring is 1. The lowest BCUT2D eigenvalue weighted by molar-refractivity contribution is 0.102. The Labute approximate surface area is 99.0 Å². The van der Waals surface area contributed by atoms with Gasteiger partial charge in [0.1, 0.15) is 5.82 Å². The highest BCUT2D eigenvalue weighted by Crippen LogP contribution is 2.18. The monoisotopic (exact) mass is 230 g/mol. The van der Waals surface area contributed by atoms with E-state index in [1.165, 1.54) is 0 Å². The van der Waals surface area contributed by atoms with Crippen molar-refractivity contribution in [1.29, 1.82) is 0 Å². The van der Waals surface area contributed by atoms with Crippen LogP contribution in [0.4, 0.5) is 11.5 Å². The van der Waals surface area contributed by atoms with Crippen LogP contribution in [0.2, 0.25) is 0 Å². The lowest BCUT2D eigenvalue weighted by Crippen LogP contribution is -2.14. The molecule has 17 heavy (non-hydrogen) atoms. The van der Waals surface area contributed by atoms with Crippen LogP contribution in [-0.4, -0.2) is 16.1 Å². The SMILES string of the molecule is Cc1cc(C)c(C(=O)Nc2ccn[nH]2)cc1N. The van der Waals surface area contributed by atoms with E-state index >= 15 is 0 Å². The molecule has 0 aliphatic rings. The maximum atomic E-state index is 12.0. The van der Waals surface area contributed by atoms with E-state index in [1.807, 2.05) is 19.9 Å². The van der Waals surface area contributed by atoms with Gasteiger partial charge >= 0.3 is 0 Å². The van der Waals surface area contributed by atoms with E-state index in [1.54, 1.807) is 18.3 Å². The number of benzene rings is 1. The topological polar surface area (TPSA) is 83.8 Å². The number of aromatic nitrogens is 2. The van der Waals surface area contributed by atoms with Gasteiger partial charge in [-0.15, -0.1) is 0 Å². The van der Waals surface area contributed by atoms with Gasteiger partial charge in [0.2, 0.25) is 0 Å². The van der Waals surface area contributed by atoms with Crippen molar-refractivity contribution in [2.75, 3.05) is 11.1 Å². The molecule has 5 heteroatoms. The van der Waals surface area contributed by atoms with E-state index in [4.69, 9.17) is 5.73 Å². The molecule has 0 atom stereocenters. The molecule has 0 spiro atoms. The number of nitrogens with zero attached hydrogens (tertiary/aromatic N) is 1. The van der Waals surface area contributed by atoms with Crippen LogP contribution in [0.3, 0.4) is 0 Å². The Balaban J connectivity index is 2.28. The van der Waals surface area contributed by atoms with Crippen molar-refractivity contribution >= 4 is 17.4 Å². The first kappa shape index (κ1) is 11.2. The van der Waals surface area contributed by atoms with Crippen molar-refractivity contribution in [3.63, 3.8) is 0 Å². The second kappa shape index (κ2) is 4.29. The summed E-state index contributed by atoms with van der Waals surface area (Å²) in [5, 5.41) is 9.14. The van der Waals surface area contributed by atoms with Gasteiger partial charge < -0.3 is 11.1 Å². The number of anilines is 2. The molecule has 5 nitrogen and oxygen atoms in total. The summed E-state index contributed by atoms with van der Waals surface area (Å²) in [6, 6.07) is 5.28. The van der Waals surface area contributed by atoms with Crippen molar-refractivity contribution in [2.45, 2.75) is 13.8 Å². The van der Waals surface area contributed by atoms with Crippen molar-refractivity contribution in [1.82, 2.24) is 10.2 Å². The van der Waals surface area contributed by atoms with E-state index in [9.17, 15) is 4.79 Å². The number of nitrogens with one attached hydrogen (secondary N) is 2. The second-order valence-corrected chi connectivity index (χ2v) is 3.95. The first-order chi connectivity index (χ1) is 8.08. The molecule has 1 aromatic heterocycles. The van der Waals surface area contributed by atoms with Crippen molar-refractivity contribution in [3.05, 3.63) is 41.1 Å². The van der Waals surface area contributed by atoms with Crippen molar-refractivity contribution in [3.8, 4) is 0 Å². The average molecular weight is 230 g/mol. The molecule has 1 aromatic carbocycles. The Kier molecular flexibility index (Phi) is 2.82. The number of H-pyrrole nitrogens is 1. The average Bonchev–Trinajstić information content (AvgIpc) is 2.76. The zero-order valence-corrected chi connectivity index (χ0v) is 9.74. The first-order valence-corrected chi connectivity index (χ1v) is 5.25. The Morgan fingerprint density at radius 1 is 1.35 bits per heavy atom.